The van der Waals surface area contributed by atoms with Crippen LogP contribution in [-0.2, 0) is 0 Å². The summed E-state index contributed by atoms with van der Waals surface area (Å²) in [6.07, 6.45) is 3.97. The second-order valence-electron chi connectivity index (χ2n) is 5.83. The fraction of sp³-hybridized carbons (Fsp3) is 0.375. The molecule has 0 amide bonds. The van der Waals surface area contributed by atoms with Gasteiger partial charge in [0.2, 0.25) is 0 Å². The quantitative estimate of drug-likeness (QED) is 0.780. The number of pyridine rings is 1. The molecule has 2 N–H and O–H groups in total. The van der Waals surface area contributed by atoms with Crippen molar-refractivity contribution in [2.24, 2.45) is 0 Å². The maximum Gasteiger partial charge on any atom is 0.182 e. The smallest absolute Gasteiger partial charge is 0.182 e. The zero-order valence-corrected chi connectivity index (χ0v) is 13.8. The van der Waals surface area contributed by atoms with Crippen molar-refractivity contribution in [2.45, 2.75) is 25.7 Å². The number of aromatic nitrogens is 4. The number of thiazole rings is 1. The summed E-state index contributed by atoms with van der Waals surface area (Å²) in [6, 6.07) is 6.19. The van der Waals surface area contributed by atoms with E-state index in [9.17, 15) is 0 Å². The molecule has 23 heavy (non-hydrogen) atoms. The van der Waals surface area contributed by atoms with E-state index in [0.717, 1.165) is 53.6 Å². The third-order valence-corrected chi connectivity index (χ3v) is 5.13. The lowest BCUT2D eigenvalue weighted by atomic mass is 9.93. The molecule has 0 bridgehead atoms. The first-order valence-electron chi connectivity index (χ1n) is 7.76. The van der Waals surface area contributed by atoms with E-state index < -0.39 is 0 Å². The normalized spacial score (nSPS) is 16.1. The van der Waals surface area contributed by atoms with Gasteiger partial charge < -0.3 is 10.6 Å². The summed E-state index contributed by atoms with van der Waals surface area (Å²) < 4.78 is 1.06. The summed E-state index contributed by atoms with van der Waals surface area (Å²) in [5.74, 6) is 2.31. The van der Waals surface area contributed by atoms with Crippen LogP contribution in [0.4, 0.5) is 10.9 Å². The van der Waals surface area contributed by atoms with E-state index >= 15 is 0 Å². The Hall–Kier alpha value is -2.28. The average Bonchev–Trinajstić information content (AvgIpc) is 2.94. The molecule has 1 aliphatic heterocycles. The van der Waals surface area contributed by atoms with Gasteiger partial charge in [0.15, 0.2) is 10.8 Å². The molecule has 1 fully saturated rings. The van der Waals surface area contributed by atoms with Gasteiger partial charge in [0.05, 0.1) is 4.70 Å². The fourth-order valence-corrected chi connectivity index (χ4v) is 3.78. The Labute approximate surface area is 138 Å². The highest BCUT2D eigenvalue weighted by atomic mass is 32.1. The zero-order chi connectivity index (χ0) is 15.8. The first-order valence-corrected chi connectivity index (χ1v) is 8.58. The van der Waals surface area contributed by atoms with Crippen LogP contribution in [0.5, 0.6) is 0 Å². The molecule has 3 aromatic rings. The lowest BCUT2D eigenvalue weighted by molar-refractivity contribution is 0.494. The lowest BCUT2D eigenvalue weighted by Gasteiger charge is -2.32. The van der Waals surface area contributed by atoms with Gasteiger partial charge >= 0.3 is 0 Å². The first-order chi connectivity index (χ1) is 11.2. The highest BCUT2D eigenvalue weighted by Crippen LogP contribution is 2.31. The molecule has 4 rings (SSSR count). The van der Waals surface area contributed by atoms with Gasteiger partial charge in [0.1, 0.15) is 11.6 Å². The molecular weight excluding hydrogens is 308 g/mol. The van der Waals surface area contributed by atoms with Gasteiger partial charge in [0, 0.05) is 30.9 Å². The molecule has 0 spiro atoms. The van der Waals surface area contributed by atoms with Crippen LogP contribution in [0.2, 0.25) is 0 Å². The Bertz CT molecular complexity index is 837. The molecule has 1 saturated heterocycles. The Kier molecular flexibility index (Phi) is 3.57. The highest BCUT2D eigenvalue weighted by molar-refractivity contribution is 7.21. The summed E-state index contributed by atoms with van der Waals surface area (Å²) in [6.45, 7) is 3.90. The Balaban J connectivity index is 1.49. The van der Waals surface area contributed by atoms with Gasteiger partial charge in [-0.25, -0.2) is 19.9 Å². The summed E-state index contributed by atoms with van der Waals surface area (Å²) in [7, 11) is 0. The van der Waals surface area contributed by atoms with E-state index in [0.29, 0.717) is 11.0 Å². The Morgan fingerprint density at radius 2 is 1.96 bits per heavy atom. The highest BCUT2D eigenvalue weighted by Gasteiger charge is 2.23. The van der Waals surface area contributed by atoms with Gasteiger partial charge in [-0.05, 0) is 38.0 Å². The van der Waals surface area contributed by atoms with Crippen molar-refractivity contribution < 1.29 is 0 Å². The third-order valence-electron chi connectivity index (χ3n) is 4.29. The molecule has 0 radical (unpaired) electrons. The van der Waals surface area contributed by atoms with Gasteiger partial charge in [-0.15, -0.1) is 0 Å². The second-order valence-corrected chi connectivity index (χ2v) is 6.90. The van der Waals surface area contributed by atoms with E-state index in [4.69, 9.17) is 10.7 Å². The molecule has 1 aliphatic rings. The van der Waals surface area contributed by atoms with Gasteiger partial charge in [-0.3, -0.25) is 0 Å². The van der Waals surface area contributed by atoms with E-state index in [1.54, 1.807) is 0 Å². The number of aryl methyl sites for hydroxylation is 1. The monoisotopic (exact) mass is 326 g/mol. The van der Waals surface area contributed by atoms with Crippen molar-refractivity contribution in [2.75, 3.05) is 23.7 Å². The first kappa shape index (κ1) is 14.3. The number of fused-ring (bicyclic) bond motifs is 1. The van der Waals surface area contributed by atoms with Crippen LogP contribution in [-0.4, -0.2) is 33.0 Å². The maximum absolute atomic E-state index is 5.76. The number of nitrogens with zero attached hydrogens (tertiary/aromatic N) is 5. The second kappa shape index (κ2) is 5.73. The van der Waals surface area contributed by atoms with E-state index in [-0.39, 0.29) is 0 Å². The van der Waals surface area contributed by atoms with E-state index in [2.05, 4.69) is 32.0 Å². The van der Waals surface area contributed by atoms with E-state index in [1.165, 1.54) is 11.3 Å². The number of nitrogen functional groups attached to an aromatic ring is 1. The number of hydrogen-bond acceptors (Lipinski definition) is 7. The Morgan fingerprint density at radius 3 is 2.74 bits per heavy atom. The van der Waals surface area contributed by atoms with Crippen molar-refractivity contribution in [3.63, 3.8) is 0 Å². The average molecular weight is 326 g/mol. The van der Waals surface area contributed by atoms with Crippen molar-refractivity contribution in [3.8, 4) is 0 Å². The number of anilines is 2. The van der Waals surface area contributed by atoms with E-state index in [1.807, 2.05) is 19.2 Å². The molecular formula is C16H18N6S. The number of nitrogens with two attached hydrogens (primary N) is 1. The summed E-state index contributed by atoms with van der Waals surface area (Å²) >= 11 is 1.49. The van der Waals surface area contributed by atoms with Crippen molar-refractivity contribution in [1.82, 2.24) is 19.9 Å². The predicted molar refractivity (Wildman–Crippen MR) is 92.8 cm³/mol. The summed E-state index contributed by atoms with van der Waals surface area (Å²) in [4.78, 5) is 20.0. The molecule has 3 aromatic heterocycles. The largest absolute Gasteiger partial charge is 0.375 e. The minimum atomic E-state index is 0.474. The standard InChI is InChI=1S/C16H18N6S/c1-10-18-7-4-14(19-10)22-8-5-11(6-9-22)12-2-3-13-15(20-12)21-16(17)23-13/h2-4,7,11H,5-6,8-9H2,1H3,(H2,17,20,21). The molecule has 0 saturated carbocycles. The number of hydrogen-bond donors (Lipinski definition) is 1. The van der Waals surface area contributed by atoms with Crippen molar-refractivity contribution >= 4 is 32.6 Å². The number of piperidine rings is 1. The molecule has 0 aromatic carbocycles. The zero-order valence-electron chi connectivity index (χ0n) is 12.9. The predicted octanol–water partition coefficient (Wildman–Crippen LogP) is 2.76. The molecule has 4 heterocycles. The topological polar surface area (TPSA) is 80.8 Å². The maximum atomic E-state index is 5.76. The van der Waals surface area contributed by atoms with Gasteiger partial charge in [-0.1, -0.05) is 11.3 Å². The SMILES string of the molecule is Cc1nccc(N2CCC(c3ccc4sc(N)nc4n3)CC2)n1. The molecule has 0 unspecified atom stereocenters. The third kappa shape index (κ3) is 2.84. The minimum absolute atomic E-state index is 0.474. The van der Waals surface area contributed by atoms with Crippen LogP contribution in [0, 0.1) is 6.92 Å². The van der Waals surface area contributed by atoms with Crippen LogP contribution in [0.3, 0.4) is 0 Å². The minimum Gasteiger partial charge on any atom is -0.375 e. The van der Waals surface area contributed by atoms with Gasteiger partial charge in [-0.2, -0.15) is 0 Å². The van der Waals surface area contributed by atoms with Crippen LogP contribution >= 0.6 is 11.3 Å². The Morgan fingerprint density at radius 1 is 1.13 bits per heavy atom. The van der Waals surface area contributed by atoms with Crippen LogP contribution in [0.15, 0.2) is 24.4 Å². The molecule has 7 heteroatoms. The summed E-state index contributed by atoms with van der Waals surface area (Å²) in [5.41, 5.74) is 7.67. The van der Waals surface area contributed by atoms with Crippen molar-refractivity contribution in [3.05, 3.63) is 35.9 Å². The molecule has 118 valence electrons. The summed E-state index contributed by atoms with van der Waals surface area (Å²) in [5, 5.41) is 0.582. The van der Waals surface area contributed by atoms with Crippen LogP contribution in [0.25, 0.3) is 10.3 Å². The lowest BCUT2D eigenvalue weighted by Crippen LogP contribution is -2.33. The molecule has 6 nitrogen and oxygen atoms in total. The molecule has 0 aliphatic carbocycles. The van der Waals surface area contributed by atoms with Crippen molar-refractivity contribution in [1.29, 1.82) is 0 Å². The fourth-order valence-electron chi connectivity index (χ4n) is 3.10. The van der Waals surface area contributed by atoms with Crippen LogP contribution < -0.4 is 10.6 Å². The van der Waals surface area contributed by atoms with Crippen LogP contribution in [0.1, 0.15) is 30.3 Å². The number of rotatable bonds is 2. The van der Waals surface area contributed by atoms with Gasteiger partial charge in [0.25, 0.3) is 0 Å². The molecule has 0 atom stereocenters.